The molecule has 0 aromatic heterocycles. The molecule has 5 nitrogen and oxygen atoms in total. The normalized spacial score (nSPS) is 11.1. The SMILES string of the molecule is CCOc1cc(/C=C(\C(=O)O)c2cccc(O)c2)ccc1OC. The quantitative estimate of drug-likeness (QED) is 0.631. The van der Waals surface area contributed by atoms with E-state index in [4.69, 9.17) is 9.47 Å². The summed E-state index contributed by atoms with van der Waals surface area (Å²) < 4.78 is 10.7. The number of carboxylic acid groups (broad SMARTS) is 1. The number of rotatable bonds is 6. The van der Waals surface area contributed by atoms with Gasteiger partial charge in [0.05, 0.1) is 19.3 Å². The summed E-state index contributed by atoms with van der Waals surface area (Å²) in [5.41, 5.74) is 1.16. The van der Waals surface area contributed by atoms with Gasteiger partial charge in [0.2, 0.25) is 0 Å². The third-order valence-electron chi connectivity index (χ3n) is 3.19. The van der Waals surface area contributed by atoms with Gasteiger partial charge in [-0.25, -0.2) is 4.79 Å². The summed E-state index contributed by atoms with van der Waals surface area (Å²) in [6.07, 6.45) is 1.53. The van der Waals surface area contributed by atoms with Crippen LogP contribution in [0.15, 0.2) is 42.5 Å². The van der Waals surface area contributed by atoms with Crippen molar-refractivity contribution in [3.8, 4) is 17.2 Å². The van der Waals surface area contributed by atoms with E-state index >= 15 is 0 Å². The van der Waals surface area contributed by atoms with Crippen LogP contribution in [0.4, 0.5) is 0 Å². The first-order chi connectivity index (χ1) is 11.0. The maximum atomic E-state index is 11.5. The summed E-state index contributed by atoms with van der Waals surface area (Å²) in [7, 11) is 1.54. The van der Waals surface area contributed by atoms with E-state index in [1.54, 1.807) is 37.4 Å². The molecule has 2 aromatic carbocycles. The van der Waals surface area contributed by atoms with Gasteiger partial charge in [0.1, 0.15) is 5.75 Å². The molecule has 0 spiro atoms. The molecule has 0 aliphatic carbocycles. The van der Waals surface area contributed by atoms with E-state index in [0.29, 0.717) is 29.2 Å². The lowest BCUT2D eigenvalue weighted by atomic mass is 10.0. The number of hydrogen-bond donors (Lipinski definition) is 2. The van der Waals surface area contributed by atoms with Crippen LogP contribution >= 0.6 is 0 Å². The third-order valence-corrected chi connectivity index (χ3v) is 3.19. The molecule has 2 rings (SSSR count). The van der Waals surface area contributed by atoms with Crippen molar-refractivity contribution in [2.75, 3.05) is 13.7 Å². The fourth-order valence-corrected chi connectivity index (χ4v) is 2.16. The van der Waals surface area contributed by atoms with Gasteiger partial charge in [-0.2, -0.15) is 0 Å². The Morgan fingerprint density at radius 1 is 1.17 bits per heavy atom. The van der Waals surface area contributed by atoms with Crippen LogP contribution in [-0.4, -0.2) is 29.9 Å². The fourth-order valence-electron chi connectivity index (χ4n) is 2.16. The Labute approximate surface area is 134 Å². The van der Waals surface area contributed by atoms with Gasteiger partial charge in [-0.15, -0.1) is 0 Å². The Morgan fingerprint density at radius 2 is 1.96 bits per heavy atom. The second kappa shape index (κ2) is 7.35. The van der Waals surface area contributed by atoms with Crippen LogP contribution in [0, 0.1) is 0 Å². The van der Waals surface area contributed by atoms with E-state index in [-0.39, 0.29) is 11.3 Å². The first-order valence-electron chi connectivity index (χ1n) is 7.10. The molecule has 2 aromatic rings. The van der Waals surface area contributed by atoms with E-state index in [9.17, 15) is 15.0 Å². The van der Waals surface area contributed by atoms with E-state index in [1.807, 2.05) is 6.92 Å². The number of carboxylic acids is 1. The van der Waals surface area contributed by atoms with Gasteiger partial charge in [-0.3, -0.25) is 0 Å². The topological polar surface area (TPSA) is 76.0 Å². The van der Waals surface area contributed by atoms with Crippen LogP contribution in [0.1, 0.15) is 18.1 Å². The molecule has 0 aliphatic rings. The zero-order valence-electron chi connectivity index (χ0n) is 12.9. The van der Waals surface area contributed by atoms with Crippen LogP contribution in [0.3, 0.4) is 0 Å². The Balaban J connectivity index is 2.47. The number of benzene rings is 2. The number of carbonyl (C=O) groups is 1. The van der Waals surface area contributed by atoms with Crippen LogP contribution in [-0.2, 0) is 4.79 Å². The molecule has 0 unspecified atom stereocenters. The second-order valence-electron chi connectivity index (χ2n) is 4.76. The molecule has 0 bridgehead atoms. The fraction of sp³-hybridized carbons (Fsp3) is 0.167. The lowest BCUT2D eigenvalue weighted by Gasteiger charge is -2.10. The van der Waals surface area contributed by atoms with E-state index in [1.165, 1.54) is 18.2 Å². The van der Waals surface area contributed by atoms with E-state index in [2.05, 4.69) is 0 Å². The molecule has 23 heavy (non-hydrogen) atoms. The monoisotopic (exact) mass is 314 g/mol. The first kappa shape index (κ1) is 16.4. The number of aromatic hydroxyl groups is 1. The Hall–Kier alpha value is -2.95. The van der Waals surface area contributed by atoms with E-state index < -0.39 is 5.97 Å². The highest BCUT2D eigenvalue weighted by atomic mass is 16.5. The van der Waals surface area contributed by atoms with Crippen molar-refractivity contribution in [1.29, 1.82) is 0 Å². The summed E-state index contributed by atoms with van der Waals surface area (Å²) in [4.78, 5) is 11.5. The van der Waals surface area contributed by atoms with Crippen molar-refractivity contribution >= 4 is 17.6 Å². The van der Waals surface area contributed by atoms with Crippen molar-refractivity contribution in [3.63, 3.8) is 0 Å². The highest BCUT2D eigenvalue weighted by molar-refractivity contribution is 6.20. The summed E-state index contributed by atoms with van der Waals surface area (Å²) in [5, 5.41) is 19.0. The minimum atomic E-state index is -1.08. The van der Waals surface area contributed by atoms with Crippen molar-refractivity contribution < 1.29 is 24.5 Å². The van der Waals surface area contributed by atoms with Crippen molar-refractivity contribution in [1.82, 2.24) is 0 Å². The lowest BCUT2D eigenvalue weighted by molar-refractivity contribution is -0.130. The van der Waals surface area contributed by atoms with Gasteiger partial charge in [0.25, 0.3) is 0 Å². The summed E-state index contributed by atoms with van der Waals surface area (Å²) in [5.74, 6) is 0.0615. The van der Waals surface area contributed by atoms with Crippen molar-refractivity contribution in [2.24, 2.45) is 0 Å². The molecule has 0 radical (unpaired) electrons. The van der Waals surface area contributed by atoms with Crippen LogP contribution in [0.25, 0.3) is 11.6 Å². The van der Waals surface area contributed by atoms with Crippen molar-refractivity contribution in [3.05, 3.63) is 53.6 Å². The van der Waals surface area contributed by atoms with Crippen LogP contribution in [0.5, 0.6) is 17.2 Å². The first-order valence-corrected chi connectivity index (χ1v) is 7.10. The molecule has 5 heteroatoms. The lowest BCUT2D eigenvalue weighted by Crippen LogP contribution is -2.00. The Morgan fingerprint density at radius 3 is 2.57 bits per heavy atom. The predicted octanol–water partition coefficient (Wildman–Crippen LogP) is 3.42. The molecular weight excluding hydrogens is 296 g/mol. The van der Waals surface area contributed by atoms with Gasteiger partial charge in [-0.05, 0) is 48.4 Å². The van der Waals surface area contributed by atoms with Gasteiger partial charge in [0, 0.05) is 0 Å². The summed E-state index contributed by atoms with van der Waals surface area (Å²) >= 11 is 0. The predicted molar refractivity (Wildman–Crippen MR) is 87.8 cm³/mol. The number of phenolic OH excluding ortho intramolecular Hbond substituents is 1. The minimum absolute atomic E-state index is 0.0133. The average molecular weight is 314 g/mol. The zero-order chi connectivity index (χ0) is 16.8. The Bertz CT molecular complexity index is 734. The van der Waals surface area contributed by atoms with Gasteiger partial charge in [-0.1, -0.05) is 18.2 Å². The van der Waals surface area contributed by atoms with E-state index in [0.717, 1.165) is 0 Å². The molecule has 2 N–H and O–H groups in total. The van der Waals surface area contributed by atoms with Crippen LogP contribution < -0.4 is 9.47 Å². The standard InChI is InChI=1S/C18H18O5/c1-3-23-17-10-12(7-8-16(17)22-2)9-15(18(20)21)13-5-4-6-14(19)11-13/h4-11,19H,3H2,1-2H3,(H,20,21)/b15-9-. The maximum absolute atomic E-state index is 11.5. The molecule has 120 valence electrons. The average Bonchev–Trinajstić information content (AvgIpc) is 2.53. The highest BCUT2D eigenvalue weighted by Gasteiger charge is 2.12. The highest BCUT2D eigenvalue weighted by Crippen LogP contribution is 2.30. The molecule has 0 heterocycles. The zero-order valence-corrected chi connectivity index (χ0v) is 12.9. The number of methoxy groups -OCH3 is 1. The molecular formula is C18H18O5. The summed E-state index contributed by atoms with van der Waals surface area (Å²) in [6.45, 7) is 2.33. The molecule has 0 atom stereocenters. The largest absolute Gasteiger partial charge is 0.508 e. The van der Waals surface area contributed by atoms with Gasteiger partial charge < -0.3 is 19.7 Å². The molecule has 0 saturated heterocycles. The van der Waals surface area contributed by atoms with Gasteiger partial charge in [0.15, 0.2) is 11.5 Å². The maximum Gasteiger partial charge on any atom is 0.336 e. The third kappa shape index (κ3) is 4.03. The number of hydrogen-bond acceptors (Lipinski definition) is 4. The van der Waals surface area contributed by atoms with Crippen LogP contribution in [0.2, 0.25) is 0 Å². The smallest absolute Gasteiger partial charge is 0.336 e. The molecule has 0 fully saturated rings. The number of aliphatic carboxylic acids is 1. The number of ether oxygens (including phenoxy) is 2. The molecule has 0 amide bonds. The Kier molecular flexibility index (Phi) is 5.25. The molecule has 0 aliphatic heterocycles. The second-order valence-corrected chi connectivity index (χ2v) is 4.76. The number of phenols is 1. The minimum Gasteiger partial charge on any atom is -0.508 e. The molecule has 0 saturated carbocycles. The van der Waals surface area contributed by atoms with Gasteiger partial charge >= 0.3 is 5.97 Å². The van der Waals surface area contributed by atoms with Crippen molar-refractivity contribution in [2.45, 2.75) is 6.92 Å². The summed E-state index contributed by atoms with van der Waals surface area (Å²) in [6, 6.07) is 11.3.